The van der Waals surface area contributed by atoms with E-state index in [0.717, 1.165) is 16.8 Å². The molecule has 0 bridgehead atoms. The zero-order valence-electron chi connectivity index (χ0n) is 11.5. The van der Waals surface area contributed by atoms with Gasteiger partial charge in [0.15, 0.2) is 0 Å². The molecule has 0 aliphatic carbocycles. The van der Waals surface area contributed by atoms with Crippen molar-refractivity contribution in [3.8, 4) is 0 Å². The molecule has 3 heteroatoms. The predicted molar refractivity (Wildman–Crippen MR) is 80.4 cm³/mol. The van der Waals surface area contributed by atoms with Crippen LogP contribution in [0.15, 0.2) is 48.5 Å². The summed E-state index contributed by atoms with van der Waals surface area (Å²) in [6.45, 7) is 2.04. The Morgan fingerprint density at radius 2 is 1.75 bits per heavy atom. The molecule has 3 rings (SSSR count). The summed E-state index contributed by atoms with van der Waals surface area (Å²) in [5, 5.41) is 0. The molecule has 2 aromatic rings. The number of benzene rings is 2. The largest absolute Gasteiger partial charge is 0.419 e. The van der Waals surface area contributed by atoms with Crippen LogP contribution in [0.25, 0.3) is 11.8 Å². The Bertz CT molecular complexity index is 686. The van der Waals surface area contributed by atoms with E-state index in [1.807, 2.05) is 61.5 Å². The number of carbonyl (C=O) groups is 1. The number of carbonyl (C=O) groups excluding carboxylic acids is 1. The number of para-hydroxylation sites is 1. The van der Waals surface area contributed by atoms with Crippen molar-refractivity contribution in [1.82, 2.24) is 0 Å². The molecular formula is C17H15NO2. The van der Waals surface area contributed by atoms with Crippen LogP contribution in [0.3, 0.4) is 0 Å². The number of cyclic esters (lactones) is 1. The number of fused-ring (bicyclic) bond motifs is 1. The van der Waals surface area contributed by atoms with Gasteiger partial charge in [-0.15, -0.1) is 0 Å². The van der Waals surface area contributed by atoms with Crippen LogP contribution in [0, 0.1) is 6.92 Å². The van der Waals surface area contributed by atoms with Gasteiger partial charge in [-0.3, -0.25) is 4.90 Å². The van der Waals surface area contributed by atoms with Crippen LogP contribution in [0.2, 0.25) is 0 Å². The lowest BCUT2D eigenvalue weighted by Gasteiger charge is -2.26. The molecule has 1 amide bonds. The molecule has 1 aliphatic heterocycles. The highest BCUT2D eigenvalue weighted by Gasteiger charge is 2.25. The van der Waals surface area contributed by atoms with Gasteiger partial charge < -0.3 is 4.74 Å². The molecule has 0 N–H and O–H groups in total. The Balaban J connectivity index is 2.08. The molecule has 0 radical (unpaired) electrons. The van der Waals surface area contributed by atoms with Gasteiger partial charge >= 0.3 is 6.09 Å². The normalized spacial score (nSPS) is 16.0. The second-order valence-corrected chi connectivity index (χ2v) is 4.86. The summed E-state index contributed by atoms with van der Waals surface area (Å²) in [6, 6.07) is 15.8. The van der Waals surface area contributed by atoms with Gasteiger partial charge in [0.05, 0.1) is 5.69 Å². The molecule has 20 heavy (non-hydrogen) atoms. The van der Waals surface area contributed by atoms with Crippen molar-refractivity contribution in [3.05, 3.63) is 65.2 Å². The van der Waals surface area contributed by atoms with E-state index in [4.69, 9.17) is 4.74 Å². The minimum absolute atomic E-state index is 0.359. The molecule has 0 saturated heterocycles. The third-order valence-corrected chi connectivity index (χ3v) is 3.38. The highest BCUT2D eigenvalue weighted by Crippen LogP contribution is 2.33. The Kier molecular flexibility index (Phi) is 3.03. The van der Waals surface area contributed by atoms with E-state index < -0.39 is 0 Å². The lowest BCUT2D eigenvalue weighted by atomic mass is 10.1. The molecule has 2 aromatic carbocycles. The lowest BCUT2D eigenvalue weighted by molar-refractivity contribution is 0.199. The number of anilines is 1. The lowest BCUT2D eigenvalue weighted by Crippen LogP contribution is -2.31. The molecular weight excluding hydrogens is 250 g/mol. The maximum atomic E-state index is 11.9. The van der Waals surface area contributed by atoms with Crippen molar-refractivity contribution in [1.29, 1.82) is 0 Å². The second kappa shape index (κ2) is 4.85. The van der Waals surface area contributed by atoms with Crippen molar-refractivity contribution in [2.45, 2.75) is 6.92 Å². The molecule has 0 atom stereocenters. The number of ether oxygens (including phenoxy) is 1. The molecule has 100 valence electrons. The average Bonchev–Trinajstić information content (AvgIpc) is 2.47. The minimum atomic E-state index is -0.359. The van der Waals surface area contributed by atoms with Gasteiger partial charge in [-0.05, 0) is 30.7 Å². The zero-order valence-corrected chi connectivity index (χ0v) is 11.5. The Hall–Kier alpha value is -2.55. The summed E-state index contributed by atoms with van der Waals surface area (Å²) in [6.07, 6.45) is 1.53. The summed E-state index contributed by atoms with van der Waals surface area (Å²) in [5.74, 6) is 0.590. The first-order chi connectivity index (χ1) is 9.65. The Labute approximate surface area is 118 Å². The molecule has 0 saturated carbocycles. The molecule has 0 fully saturated rings. The van der Waals surface area contributed by atoms with E-state index in [0.29, 0.717) is 5.76 Å². The predicted octanol–water partition coefficient (Wildman–Crippen LogP) is 4.08. The maximum absolute atomic E-state index is 11.9. The van der Waals surface area contributed by atoms with Crippen molar-refractivity contribution in [3.63, 3.8) is 0 Å². The average molecular weight is 265 g/mol. The zero-order chi connectivity index (χ0) is 14.1. The fraction of sp³-hybridized carbons (Fsp3) is 0.118. The monoisotopic (exact) mass is 265 g/mol. The second-order valence-electron chi connectivity index (χ2n) is 4.86. The molecule has 0 spiro atoms. The van der Waals surface area contributed by atoms with E-state index in [2.05, 4.69) is 0 Å². The van der Waals surface area contributed by atoms with E-state index in [9.17, 15) is 4.79 Å². The highest BCUT2D eigenvalue weighted by atomic mass is 16.6. The topological polar surface area (TPSA) is 29.5 Å². The first-order valence-electron chi connectivity index (χ1n) is 6.48. The van der Waals surface area contributed by atoms with Crippen LogP contribution < -0.4 is 4.90 Å². The van der Waals surface area contributed by atoms with Crippen LogP contribution in [0.4, 0.5) is 10.5 Å². The fourth-order valence-electron chi connectivity index (χ4n) is 2.21. The maximum Gasteiger partial charge on any atom is 0.419 e. The highest BCUT2D eigenvalue weighted by molar-refractivity contribution is 6.01. The Morgan fingerprint density at radius 1 is 1.05 bits per heavy atom. The molecule has 3 nitrogen and oxygen atoms in total. The van der Waals surface area contributed by atoms with E-state index in [1.165, 1.54) is 10.5 Å². The minimum Gasteiger partial charge on any atom is -0.409 e. The number of nitrogens with zero attached hydrogens (tertiary/aromatic N) is 1. The van der Waals surface area contributed by atoms with Gasteiger partial charge in [-0.1, -0.05) is 42.0 Å². The van der Waals surface area contributed by atoms with E-state index in [-0.39, 0.29) is 6.09 Å². The first kappa shape index (κ1) is 12.5. The van der Waals surface area contributed by atoms with Crippen molar-refractivity contribution >= 4 is 23.6 Å². The quantitative estimate of drug-likeness (QED) is 0.777. The molecule has 0 aromatic heterocycles. The van der Waals surface area contributed by atoms with E-state index >= 15 is 0 Å². The standard InChI is InChI=1S/C17H15NO2/c1-12-7-9-13(10-8-12)11-16-14-5-3-4-6-15(14)18(2)17(19)20-16/h3-11H,1-2H3/b16-11-. The van der Waals surface area contributed by atoms with Gasteiger partial charge in [0.1, 0.15) is 5.76 Å². The number of amides is 1. The summed E-state index contributed by atoms with van der Waals surface area (Å²) in [5.41, 5.74) is 4.00. The molecule has 0 unspecified atom stereocenters. The summed E-state index contributed by atoms with van der Waals surface area (Å²) in [7, 11) is 1.71. The van der Waals surface area contributed by atoms with Gasteiger partial charge in [0, 0.05) is 12.6 Å². The summed E-state index contributed by atoms with van der Waals surface area (Å²) in [4.78, 5) is 13.4. The Morgan fingerprint density at radius 3 is 2.50 bits per heavy atom. The van der Waals surface area contributed by atoms with Crippen LogP contribution in [-0.2, 0) is 4.74 Å². The first-order valence-corrected chi connectivity index (χ1v) is 6.48. The number of hydrogen-bond donors (Lipinski definition) is 0. The van der Waals surface area contributed by atoms with Crippen LogP contribution in [0.5, 0.6) is 0 Å². The third kappa shape index (κ3) is 2.18. The summed E-state index contributed by atoms with van der Waals surface area (Å²) < 4.78 is 5.41. The third-order valence-electron chi connectivity index (χ3n) is 3.38. The van der Waals surface area contributed by atoms with Crippen molar-refractivity contribution < 1.29 is 9.53 Å². The number of rotatable bonds is 1. The van der Waals surface area contributed by atoms with Crippen LogP contribution in [-0.4, -0.2) is 13.1 Å². The van der Waals surface area contributed by atoms with Gasteiger partial charge in [-0.25, -0.2) is 4.79 Å². The molecule has 1 heterocycles. The van der Waals surface area contributed by atoms with Crippen molar-refractivity contribution in [2.75, 3.05) is 11.9 Å². The van der Waals surface area contributed by atoms with Crippen LogP contribution >= 0.6 is 0 Å². The van der Waals surface area contributed by atoms with E-state index in [1.54, 1.807) is 7.05 Å². The number of aryl methyl sites for hydroxylation is 1. The van der Waals surface area contributed by atoms with Gasteiger partial charge in [0.25, 0.3) is 0 Å². The fourth-order valence-corrected chi connectivity index (χ4v) is 2.21. The SMILES string of the molecule is Cc1ccc(/C=C2\OC(=O)N(C)c3ccccc32)cc1. The summed E-state index contributed by atoms with van der Waals surface area (Å²) >= 11 is 0. The van der Waals surface area contributed by atoms with Gasteiger partial charge in [0.2, 0.25) is 0 Å². The van der Waals surface area contributed by atoms with Crippen molar-refractivity contribution in [2.24, 2.45) is 0 Å². The smallest absolute Gasteiger partial charge is 0.409 e. The van der Waals surface area contributed by atoms with Gasteiger partial charge in [-0.2, -0.15) is 0 Å². The van der Waals surface area contributed by atoms with Crippen LogP contribution in [0.1, 0.15) is 16.7 Å². The number of hydrogen-bond acceptors (Lipinski definition) is 2. The molecule has 1 aliphatic rings.